The lowest BCUT2D eigenvalue weighted by atomic mass is 9.95. The fourth-order valence-electron chi connectivity index (χ4n) is 5.00. The average Bonchev–Trinajstić information content (AvgIpc) is 2.84. The quantitative estimate of drug-likeness (QED) is 0.754. The second-order valence-electron chi connectivity index (χ2n) is 9.32. The van der Waals surface area contributed by atoms with E-state index in [4.69, 9.17) is 4.74 Å². The molecule has 0 spiro atoms. The van der Waals surface area contributed by atoms with Gasteiger partial charge in [-0.2, -0.15) is 0 Å². The van der Waals surface area contributed by atoms with Gasteiger partial charge in [-0.1, -0.05) is 50.2 Å². The first-order valence-corrected chi connectivity index (χ1v) is 11.9. The molecule has 6 nitrogen and oxygen atoms in total. The van der Waals surface area contributed by atoms with Gasteiger partial charge in [0.05, 0.1) is 19.1 Å². The molecule has 2 heterocycles. The molecule has 0 aliphatic carbocycles. The number of piperidine rings is 1. The van der Waals surface area contributed by atoms with E-state index in [-0.39, 0.29) is 17.7 Å². The molecule has 2 aliphatic rings. The molecule has 2 amide bonds. The van der Waals surface area contributed by atoms with Crippen molar-refractivity contribution < 1.29 is 14.3 Å². The smallest absolute Gasteiger partial charge is 0.254 e. The predicted molar refractivity (Wildman–Crippen MR) is 127 cm³/mol. The third kappa shape index (κ3) is 5.13. The van der Waals surface area contributed by atoms with Crippen LogP contribution in [0.2, 0.25) is 0 Å². The summed E-state index contributed by atoms with van der Waals surface area (Å²) in [4.78, 5) is 30.6. The molecule has 6 heteroatoms. The molecule has 0 saturated carbocycles. The first-order chi connectivity index (χ1) is 15.5. The van der Waals surface area contributed by atoms with E-state index >= 15 is 0 Å². The Labute approximate surface area is 190 Å². The summed E-state index contributed by atoms with van der Waals surface area (Å²) < 4.78 is 5.48. The fourth-order valence-corrected chi connectivity index (χ4v) is 5.00. The number of likely N-dealkylation sites (tertiary alicyclic amines) is 1. The van der Waals surface area contributed by atoms with Crippen molar-refractivity contribution in [2.45, 2.75) is 32.7 Å². The molecular formula is C26H35N3O3. The maximum Gasteiger partial charge on any atom is 0.254 e. The van der Waals surface area contributed by atoms with Gasteiger partial charge in [0, 0.05) is 44.3 Å². The van der Waals surface area contributed by atoms with Gasteiger partial charge in [-0.15, -0.1) is 0 Å². The number of rotatable bonds is 6. The van der Waals surface area contributed by atoms with Gasteiger partial charge >= 0.3 is 0 Å². The summed E-state index contributed by atoms with van der Waals surface area (Å²) in [6.45, 7) is 9.58. The fraction of sp³-hybridized carbons (Fsp3) is 0.538. The number of hydrogen-bond acceptors (Lipinski definition) is 4. The largest absolute Gasteiger partial charge is 0.379 e. The lowest BCUT2D eigenvalue weighted by Crippen LogP contribution is -2.52. The third-order valence-corrected chi connectivity index (χ3v) is 6.87. The maximum atomic E-state index is 13.3. The number of benzene rings is 2. The first kappa shape index (κ1) is 22.7. The molecule has 2 atom stereocenters. The van der Waals surface area contributed by atoms with Crippen molar-refractivity contribution >= 4 is 22.6 Å². The van der Waals surface area contributed by atoms with E-state index in [2.05, 4.69) is 24.1 Å². The second kappa shape index (κ2) is 10.5. The third-order valence-electron chi connectivity index (χ3n) is 6.87. The Morgan fingerprint density at radius 3 is 2.59 bits per heavy atom. The van der Waals surface area contributed by atoms with Crippen LogP contribution < -0.4 is 5.32 Å². The van der Waals surface area contributed by atoms with E-state index in [9.17, 15) is 9.59 Å². The molecule has 4 rings (SSSR count). The number of nitrogens with one attached hydrogen (secondary N) is 1. The minimum absolute atomic E-state index is 0.0210. The number of fused-ring (bicyclic) bond motifs is 1. The van der Waals surface area contributed by atoms with E-state index in [0.717, 1.165) is 55.5 Å². The Kier molecular flexibility index (Phi) is 7.43. The minimum atomic E-state index is -0.153. The van der Waals surface area contributed by atoms with Crippen molar-refractivity contribution in [2.75, 3.05) is 45.9 Å². The molecule has 172 valence electrons. The van der Waals surface area contributed by atoms with Crippen LogP contribution in [0, 0.1) is 11.8 Å². The summed E-state index contributed by atoms with van der Waals surface area (Å²) in [6, 6.07) is 14.1. The number of nitrogens with zero attached hydrogens (tertiary/aromatic N) is 2. The number of amides is 2. The summed E-state index contributed by atoms with van der Waals surface area (Å²) in [5, 5.41) is 5.23. The molecule has 2 aromatic rings. The number of carbonyl (C=O) groups excluding carboxylic acids is 2. The summed E-state index contributed by atoms with van der Waals surface area (Å²) >= 11 is 0. The molecule has 32 heavy (non-hydrogen) atoms. The monoisotopic (exact) mass is 437 g/mol. The summed E-state index contributed by atoms with van der Waals surface area (Å²) in [5.41, 5.74) is 0.719. The van der Waals surface area contributed by atoms with Crippen LogP contribution in [0.3, 0.4) is 0 Å². The zero-order valence-electron chi connectivity index (χ0n) is 19.3. The van der Waals surface area contributed by atoms with Gasteiger partial charge < -0.3 is 15.0 Å². The Balaban J connectivity index is 1.38. The van der Waals surface area contributed by atoms with E-state index in [0.29, 0.717) is 31.6 Å². The number of hydrogen-bond donors (Lipinski definition) is 1. The van der Waals surface area contributed by atoms with E-state index in [1.54, 1.807) is 0 Å². The van der Waals surface area contributed by atoms with Crippen LogP contribution in [-0.4, -0.2) is 73.6 Å². The number of carbonyl (C=O) groups is 2. The van der Waals surface area contributed by atoms with Gasteiger partial charge in [-0.3, -0.25) is 14.5 Å². The van der Waals surface area contributed by atoms with Gasteiger partial charge in [0.15, 0.2) is 0 Å². The van der Waals surface area contributed by atoms with Crippen LogP contribution in [0.15, 0.2) is 42.5 Å². The highest BCUT2D eigenvalue weighted by molar-refractivity contribution is 6.07. The van der Waals surface area contributed by atoms with Gasteiger partial charge in [-0.25, -0.2) is 0 Å². The first-order valence-electron chi connectivity index (χ1n) is 11.9. The van der Waals surface area contributed by atoms with Gasteiger partial charge in [0.25, 0.3) is 5.91 Å². The highest BCUT2D eigenvalue weighted by Gasteiger charge is 2.31. The zero-order chi connectivity index (χ0) is 22.5. The summed E-state index contributed by atoms with van der Waals surface area (Å²) in [6.07, 6.45) is 1.68. The van der Waals surface area contributed by atoms with E-state index in [1.807, 2.05) is 47.4 Å². The van der Waals surface area contributed by atoms with Crippen molar-refractivity contribution in [1.29, 1.82) is 0 Å². The standard InChI is InChI=1S/C26H35N3O3/c1-19(2)24(28-13-15-32-16-14-28)17-27-25(30)21-9-6-12-29(18-21)26(31)23-11-5-8-20-7-3-4-10-22(20)23/h3-5,7-8,10-11,19,21,24H,6,9,12-18H2,1-2H3,(H,27,30). The van der Waals surface area contributed by atoms with Crippen LogP contribution in [0.1, 0.15) is 37.0 Å². The van der Waals surface area contributed by atoms with Crippen LogP contribution in [0.5, 0.6) is 0 Å². The lowest BCUT2D eigenvalue weighted by Gasteiger charge is -2.37. The SMILES string of the molecule is CC(C)C(CNC(=O)C1CCCN(C(=O)c2cccc3ccccc23)C1)N1CCOCC1. The van der Waals surface area contributed by atoms with Crippen molar-refractivity contribution in [1.82, 2.24) is 15.1 Å². The van der Waals surface area contributed by atoms with Crippen LogP contribution >= 0.6 is 0 Å². The normalized spacial score (nSPS) is 21.0. The molecule has 2 aromatic carbocycles. The van der Waals surface area contributed by atoms with Crippen LogP contribution in [0.4, 0.5) is 0 Å². The van der Waals surface area contributed by atoms with Gasteiger partial charge in [-0.05, 0) is 35.6 Å². The highest BCUT2D eigenvalue weighted by Crippen LogP contribution is 2.24. The summed E-state index contributed by atoms with van der Waals surface area (Å²) in [7, 11) is 0. The van der Waals surface area contributed by atoms with Crippen LogP contribution in [-0.2, 0) is 9.53 Å². The molecule has 0 radical (unpaired) electrons. The van der Waals surface area contributed by atoms with Crippen molar-refractivity contribution in [3.8, 4) is 0 Å². The molecule has 0 bridgehead atoms. The lowest BCUT2D eigenvalue weighted by molar-refractivity contribution is -0.126. The molecule has 2 unspecified atom stereocenters. The molecule has 2 saturated heterocycles. The Hall–Kier alpha value is -2.44. The zero-order valence-corrected chi connectivity index (χ0v) is 19.3. The second-order valence-corrected chi connectivity index (χ2v) is 9.32. The molecule has 2 aliphatic heterocycles. The van der Waals surface area contributed by atoms with Gasteiger partial charge in [0.1, 0.15) is 0 Å². The Bertz CT molecular complexity index is 934. The summed E-state index contributed by atoms with van der Waals surface area (Å²) in [5.74, 6) is 0.386. The molecule has 1 N–H and O–H groups in total. The van der Waals surface area contributed by atoms with E-state index in [1.165, 1.54) is 0 Å². The van der Waals surface area contributed by atoms with Crippen molar-refractivity contribution in [2.24, 2.45) is 11.8 Å². The molecular weight excluding hydrogens is 402 g/mol. The minimum Gasteiger partial charge on any atom is -0.379 e. The Morgan fingerprint density at radius 2 is 1.81 bits per heavy atom. The van der Waals surface area contributed by atoms with Crippen LogP contribution in [0.25, 0.3) is 10.8 Å². The predicted octanol–water partition coefficient (Wildman–Crippen LogP) is 3.17. The highest BCUT2D eigenvalue weighted by atomic mass is 16.5. The number of morpholine rings is 1. The van der Waals surface area contributed by atoms with Crippen molar-refractivity contribution in [3.63, 3.8) is 0 Å². The van der Waals surface area contributed by atoms with Gasteiger partial charge in [0.2, 0.25) is 5.91 Å². The average molecular weight is 438 g/mol. The number of ether oxygens (including phenoxy) is 1. The topological polar surface area (TPSA) is 61.9 Å². The maximum absolute atomic E-state index is 13.3. The van der Waals surface area contributed by atoms with E-state index < -0.39 is 0 Å². The Morgan fingerprint density at radius 1 is 1.06 bits per heavy atom. The molecule has 0 aromatic heterocycles. The molecule has 2 fully saturated rings. The van der Waals surface area contributed by atoms with Crippen molar-refractivity contribution in [3.05, 3.63) is 48.0 Å².